The number of carbonyl (C=O) groups is 1. The minimum absolute atomic E-state index is 0.0603. The molecule has 3 heterocycles. The fourth-order valence-electron chi connectivity index (χ4n) is 3.14. The Kier molecular flexibility index (Phi) is 2.40. The van der Waals surface area contributed by atoms with Crippen LogP contribution in [0.4, 0.5) is 5.82 Å². The molecule has 0 aromatic carbocycles. The lowest BCUT2D eigenvalue weighted by molar-refractivity contribution is 0.101. The van der Waals surface area contributed by atoms with Crippen LogP contribution in [-0.4, -0.2) is 28.9 Å². The Morgan fingerprint density at radius 1 is 1.47 bits per heavy atom. The predicted molar refractivity (Wildman–Crippen MR) is 66.1 cm³/mol. The van der Waals surface area contributed by atoms with E-state index < -0.39 is 0 Å². The molecule has 2 bridgehead atoms. The van der Waals surface area contributed by atoms with Crippen molar-refractivity contribution in [3.8, 4) is 0 Å². The molecule has 2 aliphatic heterocycles. The molecule has 1 aromatic rings. The number of Topliss-reactive ketones (excluding diaryl/α,β-unsaturated/α-hetero) is 1. The number of hydrogen-bond acceptors (Lipinski definition) is 4. The minimum atomic E-state index is 0.0603. The summed E-state index contributed by atoms with van der Waals surface area (Å²) in [6.45, 7) is 1.56. The number of ketones is 1. The van der Waals surface area contributed by atoms with E-state index in [1.54, 1.807) is 13.1 Å². The summed E-state index contributed by atoms with van der Waals surface area (Å²) in [7, 11) is 0. The van der Waals surface area contributed by atoms with E-state index in [1.807, 2.05) is 12.1 Å². The molecule has 3 atom stereocenters. The number of nitrogens with zero attached hydrogens (tertiary/aromatic N) is 2. The number of carbonyl (C=O) groups excluding carboxylic acids is 1. The lowest BCUT2D eigenvalue weighted by Crippen LogP contribution is -2.37. The SMILES string of the molecule is CC(=O)c1ccc(N2C3CCC2C(N)C3)nc1. The maximum Gasteiger partial charge on any atom is 0.161 e. The molecule has 4 heteroatoms. The summed E-state index contributed by atoms with van der Waals surface area (Å²) in [5.74, 6) is 1.03. The zero-order chi connectivity index (χ0) is 12.0. The lowest BCUT2D eigenvalue weighted by atomic mass is 9.97. The highest BCUT2D eigenvalue weighted by Crippen LogP contribution is 2.39. The molecule has 0 spiro atoms. The van der Waals surface area contributed by atoms with Crippen molar-refractivity contribution in [2.24, 2.45) is 5.73 Å². The van der Waals surface area contributed by atoms with Crippen molar-refractivity contribution in [2.75, 3.05) is 4.90 Å². The third-order valence-electron chi connectivity index (χ3n) is 4.00. The molecule has 3 unspecified atom stereocenters. The summed E-state index contributed by atoms with van der Waals surface area (Å²) in [4.78, 5) is 17.9. The molecule has 2 fully saturated rings. The Hall–Kier alpha value is -1.42. The Balaban J connectivity index is 1.88. The maximum absolute atomic E-state index is 11.2. The van der Waals surface area contributed by atoms with Gasteiger partial charge in [0, 0.05) is 29.9 Å². The second kappa shape index (κ2) is 3.81. The molecule has 17 heavy (non-hydrogen) atoms. The molecule has 90 valence electrons. The molecule has 0 saturated carbocycles. The summed E-state index contributed by atoms with van der Waals surface area (Å²) < 4.78 is 0. The fraction of sp³-hybridized carbons (Fsp3) is 0.538. The zero-order valence-corrected chi connectivity index (χ0v) is 9.97. The largest absolute Gasteiger partial charge is 0.349 e. The summed E-state index contributed by atoms with van der Waals surface area (Å²) in [6.07, 6.45) is 5.12. The smallest absolute Gasteiger partial charge is 0.161 e. The van der Waals surface area contributed by atoms with Crippen molar-refractivity contribution in [2.45, 2.75) is 44.3 Å². The Morgan fingerprint density at radius 2 is 2.29 bits per heavy atom. The van der Waals surface area contributed by atoms with E-state index in [2.05, 4.69) is 9.88 Å². The van der Waals surface area contributed by atoms with Gasteiger partial charge in [-0.2, -0.15) is 0 Å². The van der Waals surface area contributed by atoms with Crippen LogP contribution < -0.4 is 10.6 Å². The zero-order valence-electron chi connectivity index (χ0n) is 9.97. The molecular weight excluding hydrogens is 214 g/mol. The Morgan fingerprint density at radius 3 is 2.76 bits per heavy atom. The van der Waals surface area contributed by atoms with Gasteiger partial charge >= 0.3 is 0 Å². The van der Waals surface area contributed by atoms with Crippen LogP contribution in [0.5, 0.6) is 0 Å². The molecule has 1 aromatic heterocycles. The average Bonchev–Trinajstić information content (AvgIpc) is 2.85. The van der Waals surface area contributed by atoms with Crippen LogP contribution in [-0.2, 0) is 0 Å². The van der Waals surface area contributed by atoms with Crippen molar-refractivity contribution in [3.63, 3.8) is 0 Å². The number of aromatic nitrogens is 1. The first-order valence-electron chi connectivity index (χ1n) is 6.17. The summed E-state index contributed by atoms with van der Waals surface area (Å²) in [5.41, 5.74) is 6.77. The average molecular weight is 231 g/mol. The number of anilines is 1. The van der Waals surface area contributed by atoms with Crippen LogP contribution in [0.2, 0.25) is 0 Å². The van der Waals surface area contributed by atoms with Gasteiger partial charge in [-0.3, -0.25) is 4.79 Å². The fourth-order valence-corrected chi connectivity index (χ4v) is 3.14. The third kappa shape index (κ3) is 1.63. The standard InChI is InChI=1S/C13H17N3O/c1-8(17)9-2-5-13(15-7-9)16-10-3-4-12(16)11(14)6-10/h2,5,7,10-12H,3-4,6,14H2,1H3. The number of hydrogen-bond donors (Lipinski definition) is 1. The van der Waals surface area contributed by atoms with E-state index in [9.17, 15) is 4.79 Å². The van der Waals surface area contributed by atoms with Crippen LogP contribution in [0.1, 0.15) is 36.5 Å². The normalized spacial score (nSPS) is 30.9. The molecule has 0 amide bonds. The first-order chi connectivity index (χ1) is 8.16. The van der Waals surface area contributed by atoms with Crippen LogP contribution in [0.15, 0.2) is 18.3 Å². The molecule has 2 saturated heterocycles. The van der Waals surface area contributed by atoms with Gasteiger partial charge in [-0.1, -0.05) is 0 Å². The first-order valence-corrected chi connectivity index (χ1v) is 6.17. The van der Waals surface area contributed by atoms with Gasteiger partial charge in [0.05, 0.1) is 0 Å². The number of pyridine rings is 1. The van der Waals surface area contributed by atoms with Gasteiger partial charge in [0.2, 0.25) is 0 Å². The highest BCUT2D eigenvalue weighted by atomic mass is 16.1. The third-order valence-corrected chi connectivity index (χ3v) is 4.00. The van der Waals surface area contributed by atoms with Crippen molar-refractivity contribution in [1.82, 2.24) is 4.98 Å². The Labute approximate surface area is 101 Å². The molecule has 0 radical (unpaired) electrons. The van der Waals surface area contributed by atoms with E-state index >= 15 is 0 Å². The monoisotopic (exact) mass is 231 g/mol. The summed E-state index contributed by atoms with van der Waals surface area (Å²) in [6, 6.07) is 5.07. The molecule has 0 aliphatic carbocycles. The number of fused-ring (bicyclic) bond motifs is 2. The van der Waals surface area contributed by atoms with Crippen LogP contribution in [0.3, 0.4) is 0 Å². The van der Waals surface area contributed by atoms with Crippen LogP contribution in [0, 0.1) is 0 Å². The van der Waals surface area contributed by atoms with Crippen molar-refractivity contribution in [3.05, 3.63) is 23.9 Å². The van der Waals surface area contributed by atoms with Crippen LogP contribution >= 0.6 is 0 Å². The second-order valence-corrected chi connectivity index (χ2v) is 5.07. The predicted octanol–water partition coefficient (Wildman–Crippen LogP) is 1.35. The number of rotatable bonds is 2. The highest BCUT2D eigenvalue weighted by molar-refractivity contribution is 5.93. The van der Waals surface area contributed by atoms with Crippen molar-refractivity contribution in [1.29, 1.82) is 0 Å². The van der Waals surface area contributed by atoms with Gasteiger partial charge in [-0.15, -0.1) is 0 Å². The second-order valence-electron chi connectivity index (χ2n) is 5.07. The summed E-state index contributed by atoms with van der Waals surface area (Å²) in [5, 5.41) is 0. The van der Waals surface area contributed by atoms with Crippen molar-refractivity contribution >= 4 is 11.6 Å². The van der Waals surface area contributed by atoms with E-state index in [4.69, 9.17) is 5.73 Å². The molecular formula is C13H17N3O. The quantitative estimate of drug-likeness (QED) is 0.781. The van der Waals surface area contributed by atoms with E-state index in [0.29, 0.717) is 17.6 Å². The molecule has 4 nitrogen and oxygen atoms in total. The maximum atomic E-state index is 11.2. The molecule has 2 aliphatic rings. The number of nitrogens with two attached hydrogens (primary N) is 1. The van der Waals surface area contributed by atoms with Gasteiger partial charge in [-0.05, 0) is 38.3 Å². The summed E-state index contributed by atoms with van der Waals surface area (Å²) >= 11 is 0. The first kappa shape index (κ1) is 10.7. The van der Waals surface area contributed by atoms with Gasteiger partial charge in [-0.25, -0.2) is 4.98 Å². The van der Waals surface area contributed by atoms with E-state index in [1.165, 1.54) is 12.8 Å². The van der Waals surface area contributed by atoms with E-state index in [-0.39, 0.29) is 11.8 Å². The lowest BCUT2D eigenvalue weighted by Gasteiger charge is -2.24. The highest BCUT2D eigenvalue weighted by Gasteiger charge is 2.45. The minimum Gasteiger partial charge on any atom is -0.349 e. The molecule has 3 rings (SSSR count). The van der Waals surface area contributed by atoms with Crippen molar-refractivity contribution < 1.29 is 4.79 Å². The van der Waals surface area contributed by atoms with Gasteiger partial charge in [0.25, 0.3) is 0 Å². The van der Waals surface area contributed by atoms with Gasteiger partial charge in [0.1, 0.15) is 5.82 Å². The molecule has 2 N–H and O–H groups in total. The van der Waals surface area contributed by atoms with Crippen LogP contribution in [0.25, 0.3) is 0 Å². The van der Waals surface area contributed by atoms with Gasteiger partial charge < -0.3 is 10.6 Å². The Bertz CT molecular complexity index is 442. The van der Waals surface area contributed by atoms with Gasteiger partial charge in [0.15, 0.2) is 5.78 Å². The van der Waals surface area contributed by atoms with E-state index in [0.717, 1.165) is 12.2 Å². The topological polar surface area (TPSA) is 59.2 Å².